The molecule has 0 saturated heterocycles. The Bertz CT molecular complexity index is 553. The van der Waals surface area contributed by atoms with Gasteiger partial charge in [0, 0.05) is 20.7 Å². The lowest BCUT2D eigenvalue weighted by atomic mass is 10.3. The SMILES string of the molecule is O=C(CSc1cccc(Br)c1)Cc1ccc(Cl)s1. The second-order valence-corrected chi connectivity index (χ2v) is 7.43. The van der Waals surface area contributed by atoms with Crippen molar-refractivity contribution in [2.75, 3.05) is 5.75 Å². The van der Waals surface area contributed by atoms with Gasteiger partial charge in [0.1, 0.15) is 5.78 Å². The van der Waals surface area contributed by atoms with E-state index in [4.69, 9.17) is 11.6 Å². The number of thiophene rings is 1. The molecular formula is C13H10BrClOS2. The van der Waals surface area contributed by atoms with Crippen LogP contribution in [0.5, 0.6) is 0 Å². The number of hydrogen-bond donors (Lipinski definition) is 0. The molecule has 0 radical (unpaired) electrons. The van der Waals surface area contributed by atoms with Gasteiger partial charge in [-0.2, -0.15) is 0 Å². The monoisotopic (exact) mass is 360 g/mol. The molecule has 0 fully saturated rings. The fraction of sp³-hybridized carbons (Fsp3) is 0.154. The van der Waals surface area contributed by atoms with Gasteiger partial charge in [-0.3, -0.25) is 4.79 Å². The first-order valence-electron chi connectivity index (χ1n) is 5.28. The minimum atomic E-state index is 0.221. The lowest BCUT2D eigenvalue weighted by Crippen LogP contribution is -2.04. The van der Waals surface area contributed by atoms with Crippen molar-refractivity contribution in [2.45, 2.75) is 11.3 Å². The molecule has 1 aromatic carbocycles. The number of ketones is 1. The van der Waals surface area contributed by atoms with Gasteiger partial charge < -0.3 is 0 Å². The van der Waals surface area contributed by atoms with Gasteiger partial charge in [0.05, 0.1) is 10.1 Å². The summed E-state index contributed by atoms with van der Waals surface area (Å²) in [7, 11) is 0. The zero-order valence-electron chi connectivity index (χ0n) is 9.36. The van der Waals surface area contributed by atoms with Crippen molar-refractivity contribution in [1.29, 1.82) is 0 Å². The first kappa shape index (κ1) is 14.1. The number of carbonyl (C=O) groups is 1. The van der Waals surface area contributed by atoms with Crippen LogP contribution in [-0.2, 0) is 11.2 Å². The smallest absolute Gasteiger partial charge is 0.148 e. The van der Waals surface area contributed by atoms with Crippen LogP contribution in [0.1, 0.15) is 4.88 Å². The lowest BCUT2D eigenvalue weighted by molar-refractivity contribution is -0.115. The molecule has 0 aliphatic heterocycles. The minimum absolute atomic E-state index is 0.221. The predicted octanol–water partition coefficient (Wildman–Crippen LogP) is 5.07. The highest BCUT2D eigenvalue weighted by molar-refractivity contribution is 9.10. The highest BCUT2D eigenvalue weighted by Crippen LogP contribution is 2.24. The van der Waals surface area contributed by atoms with E-state index in [2.05, 4.69) is 15.9 Å². The zero-order valence-corrected chi connectivity index (χ0v) is 13.3. The van der Waals surface area contributed by atoms with E-state index in [1.807, 2.05) is 36.4 Å². The molecule has 2 aromatic rings. The Balaban J connectivity index is 1.85. The second-order valence-electron chi connectivity index (χ2n) is 3.67. The van der Waals surface area contributed by atoms with Crippen molar-refractivity contribution in [3.63, 3.8) is 0 Å². The van der Waals surface area contributed by atoms with E-state index in [0.717, 1.165) is 18.6 Å². The average molecular weight is 362 g/mol. The molecule has 18 heavy (non-hydrogen) atoms. The molecule has 1 aromatic heterocycles. The van der Waals surface area contributed by atoms with E-state index in [9.17, 15) is 4.79 Å². The van der Waals surface area contributed by atoms with Gasteiger partial charge in [0.15, 0.2) is 0 Å². The van der Waals surface area contributed by atoms with Crippen molar-refractivity contribution in [3.05, 3.63) is 50.1 Å². The maximum absolute atomic E-state index is 11.8. The van der Waals surface area contributed by atoms with Crippen molar-refractivity contribution in [3.8, 4) is 0 Å². The Labute approximate surface area is 128 Å². The second kappa shape index (κ2) is 6.75. The summed E-state index contributed by atoms with van der Waals surface area (Å²) < 4.78 is 1.77. The van der Waals surface area contributed by atoms with Crippen LogP contribution < -0.4 is 0 Å². The van der Waals surface area contributed by atoms with E-state index in [0.29, 0.717) is 12.2 Å². The summed E-state index contributed by atoms with van der Waals surface area (Å²) in [5, 5.41) is 0. The third kappa shape index (κ3) is 4.43. The average Bonchev–Trinajstić information content (AvgIpc) is 2.72. The van der Waals surface area contributed by atoms with Gasteiger partial charge in [-0.15, -0.1) is 23.1 Å². The van der Waals surface area contributed by atoms with Gasteiger partial charge in [-0.25, -0.2) is 0 Å². The molecule has 0 amide bonds. The third-order valence-electron chi connectivity index (χ3n) is 2.20. The van der Waals surface area contributed by atoms with Crippen LogP contribution in [0.4, 0.5) is 0 Å². The standard InChI is InChI=1S/C13H10BrClOS2/c14-9-2-1-3-11(6-9)17-8-10(16)7-12-4-5-13(15)18-12/h1-6H,7-8H2. The fourth-order valence-corrected chi connectivity index (χ4v) is 3.89. The maximum atomic E-state index is 11.8. The molecule has 2 rings (SSSR count). The molecule has 94 valence electrons. The normalized spacial score (nSPS) is 10.6. The molecule has 0 unspecified atom stereocenters. The first-order valence-corrected chi connectivity index (χ1v) is 8.25. The molecule has 0 bridgehead atoms. The van der Waals surface area contributed by atoms with Crippen molar-refractivity contribution in [1.82, 2.24) is 0 Å². The lowest BCUT2D eigenvalue weighted by Gasteiger charge is -2.01. The molecular weight excluding hydrogens is 352 g/mol. The molecule has 1 nitrogen and oxygen atoms in total. The van der Waals surface area contributed by atoms with Gasteiger partial charge in [0.2, 0.25) is 0 Å². The Morgan fingerprint density at radius 1 is 1.33 bits per heavy atom. The highest BCUT2D eigenvalue weighted by Gasteiger charge is 2.07. The predicted molar refractivity (Wildman–Crippen MR) is 82.9 cm³/mol. The van der Waals surface area contributed by atoms with E-state index in [1.165, 1.54) is 11.3 Å². The molecule has 1 heterocycles. The number of benzene rings is 1. The number of carbonyl (C=O) groups excluding carboxylic acids is 1. The quantitative estimate of drug-likeness (QED) is 0.692. The van der Waals surface area contributed by atoms with E-state index in [1.54, 1.807) is 11.8 Å². The van der Waals surface area contributed by atoms with E-state index in [-0.39, 0.29) is 5.78 Å². The number of halogens is 2. The summed E-state index contributed by atoms with van der Waals surface area (Å²) in [6, 6.07) is 11.7. The van der Waals surface area contributed by atoms with Crippen LogP contribution >= 0.6 is 50.6 Å². The number of rotatable bonds is 5. The van der Waals surface area contributed by atoms with Gasteiger partial charge >= 0.3 is 0 Å². The summed E-state index contributed by atoms with van der Waals surface area (Å²) in [6.07, 6.45) is 0.471. The topological polar surface area (TPSA) is 17.1 Å². The Morgan fingerprint density at radius 3 is 2.83 bits per heavy atom. The highest BCUT2D eigenvalue weighted by atomic mass is 79.9. The van der Waals surface area contributed by atoms with Gasteiger partial charge in [-0.1, -0.05) is 33.6 Å². The number of hydrogen-bond acceptors (Lipinski definition) is 3. The molecule has 0 aliphatic carbocycles. The van der Waals surface area contributed by atoms with E-state index < -0.39 is 0 Å². The van der Waals surface area contributed by atoms with Crippen LogP contribution in [-0.4, -0.2) is 11.5 Å². The zero-order chi connectivity index (χ0) is 13.0. The van der Waals surface area contributed by atoms with Crippen LogP contribution in [0.25, 0.3) is 0 Å². The number of Topliss-reactive ketones (excluding diaryl/α,β-unsaturated/α-hetero) is 1. The van der Waals surface area contributed by atoms with Gasteiger partial charge in [-0.05, 0) is 30.3 Å². The molecule has 0 spiro atoms. The fourth-order valence-electron chi connectivity index (χ4n) is 1.41. The Morgan fingerprint density at radius 2 is 2.17 bits per heavy atom. The van der Waals surface area contributed by atoms with Crippen LogP contribution in [0.2, 0.25) is 4.34 Å². The molecule has 0 saturated carbocycles. The molecule has 0 atom stereocenters. The summed E-state index contributed by atoms with van der Waals surface area (Å²) >= 11 is 12.3. The van der Waals surface area contributed by atoms with Gasteiger partial charge in [0.25, 0.3) is 0 Å². The molecule has 5 heteroatoms. The van der Waals surface area contributed by atoms with Crippen molar-refractivity contribution >= 4 is 56.4 Å². The summed E-state index contributed by atoms with van der Waals surface area (Å²) in [5.41, 5.74) is 0. The Kier molecular flexibility index (Phi) is 5.30. The summed E-state index contributed by atoms with van der Waals surface area (Å²) in [4.78, 5) is 13.9. The summed E-state index contributed by atoms with van der Waals surface area (Å²) in [6.45, 7) is 0. The molecule has 0 N–H and O–H groups in total. The maximum Gasteiger partial charge on any atom is 0.148 e. The first-order chi connectivity index (χ1) is 8.63. The van der Waals surface area contributed by atoms with Crippen LogP contribution in [0.15, 0.2) is 45.8 Å². The van der Waals surface area contributed by atoms with Crippen molar-refractivity contribution in [2.24, 2.45) is 0 Å². The minimum Gasteiger partial charge on any atom is -0.298 e. The third-order valence-corrected chi connectivity index (χ3v) is 4.97. The number of thioether (sulfide) groups is 1. The van der Waals surface area contributed by atoms with E-state index >= 15 is 0 Å². The Hall–Kier alpha value is -0.290. The molecule has 0 aliphatic rings. The van der Waals surface area contributed by atoms with Crippen LogP contribution in [0.3, 0.4) is 0 Å². The summed E-state index contributed by atoms with van der Waals surface area (Å²) in [5.74, 6) is 0.713. The van der Waals surface area contributed by atoms with Crippen molar-refractivity contribution < 1.29 is 4.79 Å². The van der Waals surface area contributed by atoms with Crippen LogP contribution in [0, 0.1) is 0 Å². The largest absolute Gasteiger partial charge is 0.298 e.